The molecular weight excluding hydrogens is 628 g/mol. The van der Waals surface area contributed by atoms with E-state index in [1.165, 1.54) is 0 Å². The zero-order valence-electron chi connectivity index (χ0n) is 26.8. The van der Waals surface area contributed by atoms with Gasteiger partial charge in [-0.3, -0.25) is 19.6 Å². The Kier molecular flexibility index (Phi) is 9.71. The number of hydrogen-bond acceptors (Lipinski definition) is 7. The van der Waals surface area contributed by atoms with Crippen molar-refractivity contribution in [1.82, 2.24) is 19.8 Å². The average molecular weight is 658 g/mol. The third-order valence-corrected chi connectivity index (χ3v) is 8.43. The molecule has 0 radical (unpaired) electrons. The monoisotopic (exact) mass is 656 g/mol. The van der Waals surface area contributed by atoms with Crippen LogP contribution in [0.25, 0.3) is 11.1 Å². The number of aliphatic hydroxyl groups excluding tert-OH is 1. The summed E-state index contributed by atoms with van der Waals surface area (Å²) in [7, 11) is 4.62. The molecule has 12 heteroatoms. The maximum Gasteiger partial charge on any atom is 2.00 e. The summed E-state index contributed by atoms with van der Waals surface area (Å²) in [6.45, 7) is 1.21. The predicted octanol–water partition coefficient (Wildman–Crippen LogP) is 5.86. The molecule has 0 aliphatic carbocycles. The quantitative estimate of drug-likeness (QED) is 0.237. The summed E-state index contributed by atoms with van der Waals surface area (Å²) >= 11 is 12.2. The van der Waals surface area contributed by atoms with Crippen LogP contribution in [0.4, 0.5) is 0 Å². The predicted molar refractivity (Wildman–Crippen MR) is 175 cm³/mol. The molecule has 4 aromatic rings. The van der Waals surface area contributed by atoms with Gasteiger partial charge >= 0.3 is 23.1 Å². The van der Waals surface area contributed by atoms with Crippen molar-refractivity contribution >= 4 is 69.2 Å². The molecule has 228 valence electrons. The third-order valence-electron chi connectivity index (χ3n) is 7.96. The molecule has 4 aliphatic heterocycles. The molecule has 2 atom stereocenters. The van der Waals surface area contributed by atoms with Crippen molar-refractivity contribution in [2.75, 3.05) is 34.3 Å². The van der Waals surface area contributed by atoms with Crippen LogP contribution >= 0.6 is 23.2 Å². The van der Waals surface area contributed by atoms with Gasteiger partial charge in [-0.25, -0.2) is 0 Å². The summed E-state index contributed by atoms with van der Waals surface area (Å²) in [4.78, 5) is 37.2. The maximum atomic E-state index is 12.5. The number of aromatic nitrogens is 2. The van der Waals surface area contributed by atoms with E-state index in [0.717, 1.165) is 23.8 Å². The van der Waals surface area contributed by atoms with Crippen LogP contribution < -0.4 is 9.47 Å². The van der Waals surface area contributed by atoms with Gasteiger partial charge < -0.3 is 27.2 Å². The zero-order chi connectivity index (χ0) is 31.1. The van der Waals surface area contributed by atoms with Crippen molar-refractivity contribution in [1.29, 1.82) is 0 Å². The molecule has 1 N–H and O–H groups in total. The second-order valence-electron chi connectivity index (χ2n) is 10.6. The Balaban J connectivity index is 0.000000229. The molecular formula is C33H30Cl2MgN4O5. The van der Waals surface area contributed by atoms with E-state index in [0.29, 0.717) is 63.1 Å². The van der Waals surface area contributed by atoms with Gasteiger partial charge in [-0.05, 0) is 54.1 Å². The first-order valence-corrected chi connectivity index (χ1v) is 14.6. The number of pyridine rings is 2. The van der Waals surface area contributed by atoms with Gasteiger partial charge in [0.2, 0.25) is 5.91 Å². The standard InChI is InChI=1S/C16H13ClN2O2.C16H11ClN2O2.CH4O.Mg.2H/c2*1-19-8-11-10-5-4-9(17)7-13(10)21-12-3-2-6-18-15(12)14(11)16(19)20;1-2;;;/h2-7,11,14H,8H2,1H3;2-7H,8H2,1H3;2H,1H3;;;/q;;;+2;2*-1/t11-,14-;;;;;/m0...../s1. The van der Waals surface area contributed by atoms with Crippen LogP contribution in [0.15, 0.2) is 73.1 Å². The van der Waals surface area contributed by atoms with Crippen LogP contribution in [-0.2, 0) is 9.59 Å². The molecule has 2 amide bonds. The number of hydrogen-bond donors (Lipinski definition) is 1. The first-order chi connectivity index (χ1) is 21.3. The van der Waals surface area contributed by atoms with Crippen molar-refractivity contribution in [2.45, 2.75) is 11.8 Å². The summed E-state index contributed by atoms with van der Waals surface area (Å²) < 4.78 is 11.9. The molecule has 0 bridgehead atoms. The van der Waals surface area contributed by atoms with Crippen molar-refractivity contribution < 1.29 is 27.0 Å². The Labute approximate surface area is 289 Å². The first kappa shape index (κ1) is 32.7. The largest absolute Gasteiger partial charge is 2.00 e. The number of carbonyl (C=O) groups excluding carboxylic acids is 2. The molecule has 0 unspecified atom stereocenters. The van der Waals surface area contributed by atoms with E-state index < -0.39 is 0 Å². The van der Waals surface area contributed by atoms with E-state index in [2.05, 4.69) is 9.97 Å². The number of likely N-dealkylation sites (tertiary alicyclic amines) is 1. The van der Waals surface area contributed by atoms with Gasteiger partial charge in [0.25, 0.3) is 5.91 Å². The minimum Gasteiger partial charge on any atom is -1.00 e. The molecule has 0 saturated carbocycles. The molecule has 0 spiro atoms. The normalized spacial score (nSPS) is 18.4. The molecule has 9 nitrogen and oxygen atoms in total. The van der Waals surface area contributed by atoms with Crippen molar-refractivity contribution in [3.8, 4) is 23.0 Å². The minimum absolute atomic E-state index is 0. The maximum absolute atomic E-state index is 12.5. The second-order valence-corrected chi connectivity index (χ2v) is 11.5. The van der Waals surface area contributed by atoms with Gasteiger partial charge in [0.15, 0.2) is 5.75 Å². The van der Waals surface area contributed by atoms with Crippen molar-refractivity contribution in [3.05, 3.63) is 106 Å². The topological polar surface area (TPSA) is 105 Å². The number of nitrogens with zero attached hydrogens (tertiary/aromatic N) is 4. The molecule has 4 aliphatic rings. The van der Waals surface area contributed by atoms with Crippen LogP contribution in [0.2, 0.25) is 10.0 Å². The fourth-order valence-electron chi connectivity index (χ4n) is 6.01. The summed E-state index contributed by atoms with van der Waals surface area (Å²) in [5, 5.41) is 8.22. The number of benzene rings is 2. The van der Waals surface area contributed by atoms with Crippen molar-refractivity contribution in [2.24, 2.45) is 0 Å². The number of carbonyl (C=O) groups is 2. The fourth-order valence-corrected chi connectivity index (χ4v) is 6.33. The minimum atomic E-state index is -0.284. The van der Waals surface area contributed by atoms with Gasteiger partial charge in [-0.1, -0.05) is 29.3 Å². The van der Waals surface area contributed by atoms with Crippen LogP contribution in [-0.4, -0.2) is 94.0 Å². The van der Waals surface area contributed by atoms with E-state index in [1.54, 1.807) is 53.5 Å². The van der Waals surface area contributed by atoms with Gasteiger partial charge in [0.1, 0.15) is 22.9 Å². The summed E-state index contributed by atoms with van der Waals surface area (Å²) in [6.07, 6.45) is 3.37. The molecule has 8 rings (SSSR count). The molecule has 45 heavy (non-hydrogen) atoms. The van der Waals surface area contributed by atoms with E-state index in [9.17, 15) is 9.59 Å². The number of likely N-dealkylation sites (N-methyl/N-ethyl adjacent to an activating group) is 2. The summed E-state index contributed by atoms with van der Waals surface area (Å²) in [6, 6.07) is 18.3. The van der Waals surface area contributed by atoms with Gasteiger partial charge in [0, 0.05) is 79.8 Å². The number of amides is 2. The Morgan fingerprint density at radius 1 is 0.844 bits per heavy atom. The Morgan fingerprint density at radius 3 is 2.24 bits per heavy atom. The SMILES string of the molecule is CN1CC2=C(C1=O)c1ncccc1Oc1cc(Cl)ccc12.CN1C[C@H]2c3ccc(Cl)cc3Oc3cccnc3[C@H]2C1=O.CO.[H-].[H-].[Mg+2]. The Bertz CT molecular complexity index is 1850. The molecule has 1 fully saturated rings. The van der Waals surface area contributed by atoms with E-state index in [4.69, 9.17) is 37.8 Å². The van der Waals surface area contributed by atoms with Crippen LogP contribution in [0, 0.1) is 0 Å². The molecule has 2 aromatic heterocycles. The number of rotatable bonds is 0. The fraction of sp³-hybridized carbons (Fsp3) is 0.212. The third kappa shape index (κ3) is 5.89. The molecule has 1 saturated heterocycles. The first-order valence-electron chi connectivity index (χ1n) is 13.8. The van der Waals surface area contributed by atoms with Gasteiger partial charge in [-0.15, -0.1) is 0 Å². The van der Waals surface area contributed by atoms with Crippen LogP contribution in [0.5, 0.6) is 23.0 Å². The summed E-state index contributed by atoms with van der Waals surface area (Å²) in [5.74, 6) is 2.41. The van der Waals surface area contributed by atoms with Crippen molar-refractivity contribution in [3.63, 3.8) is 0 Å². The van der Waals surface area contributed by atoms with Crippen LogP contribution in [0.1, 0.15) is 37.2 Å². The number of fused-ring (bicyclic) bond motifs is 9. The smallest absolute Gasteiger partial charge is 1.00 e. The zero-order valence-corrected chi connectivity index (χ0v) is 27.8. The average Bonchev–Trinajstić information content (AvgIpc) is 3.37. The van der Waals surface area contributed by atoms with Gasteiger partial charge in [-0.2, -0.15) is 0 Å². The van der Waals surface area contributed by atoms with E-state index in [1.807, 2.05) is 43.4 Å². The second kappa shape index (κ2) is 13.4. The molecule has 6 heterocycles. The number of aliphatic hydroxyl groups is 1. The number of ether oxygens (including phenoxy) is 2. The summed E-state index contributed by atoms with van der Waals surface area (Å²) in [5.41, 5.74) is 4.77. The number of halogens is 2. The van der Waals surface area contributed by atoms with E-state index >= 15 is 0 Å². The van der Waals surface area contributed by atoms with Gasteiger partial charge in [0.05, 0.1) is 17.2 Å². The Morgan fingerprint density at radius 2 is 1.49 bits per heavy atom. The Hall–Kier alpha value is -3.67. The van der Waals surface area contributed by atoms with Crippen LogP contribution in [0.3, 0.4) is 0 Å². The molecule has 2 aromatic carbocycles. The van der Waals surface area contributed by atoms with E-state index in [-0.39, 0.29) is 49.6 Å².